The average Bonchev–Trinajstić information content (AvgIpc) is 2.61. The average molecular weight is 412 g/mol. The molecule has 160 valence electrons. The Morgan fingerprint density at radius 2 is 1.75 bits per heavy atom. The zero-order chi connectivity index (χ0) is 20.7. The van der Waals surface area contributed by atoms with Crippen molar-refractivity contribution in [1.82, 2.24) is 4.72 Å². The summed E-state index contributed by atoms with van der Waals surface area (Å²) in [5, 5.41) is 3.13. The number of anilines is 2. The molecule has 1 aromatic rings. The summed E-state index contributed by atoms with van der Waals surface area (Å²) in [4.78, 5) is 2.40. The minimum atomic E-state index is -3.14. The number of morpholine rings is 1. The minimum absolute atomic E-state index is 0.256. The van der Waals surface area contributed by atoms with E-state index in [2.05, 4.69) is 53.9 Å². The molecule has 0 unspecified atom stereocenters. The van der Waals surface area contributed by atoms with Gasteiger partial charge in [-0.15, -0.1) is 0 Å². The van der Waals surface area contributed by atoms with Crippen molar-refractivity contribution in [2.75, 3.05) is 36.4 Å². The number of sulfonamides is 1. The van der Waals surface area contributed by atoms with Crippen molar-refractivity contribution < 1.29 is 13.2 Å². The molecule has 1 fully saturated rings. The normalized spacial score (nSPS) is 20.6. The van der Waals surface area contributed by atoms with Crippen LogP contribution in [-0.4, -0.2) is 52.1 Å². The molecule has 1 aromatic carbocycles. The molecule has 0 saturated carbocycles. The van der Waals surface area contributed by atoms with Crippen LogP contribution in [0.3, 0.4) is 0 Å². The summed E-state index contributed by atoms with van der Waals surface area (Å²) in [6.07, 6.45) is 3.38. The van der Waals surface area contributed by atoms with Gasteiger partial charge in [0.15, 0.2) is 0 Å². The Morgan fingerprint density at radius 1 is 1.11 bits per heavy atom. The smallest absolute Gasteiger partial charge is 0.213 e. The molecule has 7 heteroatoms. The largest absolute Gasteiger partial charge is 0.385 e. The molecule has 2 N–H and O–H groups in total. The third kappa shape index (κ3) is 6.94. The van der Waals surface area contributed by atoms with Gasteiger partial charge in [-0.25, -0.2) is 13.1 Å². The van der Waals surface area contributed by atoms with Gasteiger partial charge < -0.3 is 15.0 Å². The molecule has 0 radical (unpaired) electrons. The van der Waals surface area contributed by atoms with Gasteiger partial charge >= 0.3 is 0 Å². The second kappa shape index (κ2) is 10.5. The maximum atomic E-state index is 11.7. The van der Waals surface area contributed by atoms with Gasteiger partial charge in [-0.05, 0) is 71.2 Å². The number of unbranched alkanes of at least 4 members (excludes halogenated alkanes) is 2. The monoisotopic (exact) mass is 411 g/mol. The van der Waals surface area contributed by atoms with E-state index in [4.69, 9.17) is 4.74 Å². The highest BCUT2D eigenvalue weighted by atomic mass is 32.2. The standard InChI is InChI=1S/C21H37N3O3S/c1-16(2)28(25,26)23-12-8-6-7-11-22-21-10-9-20(13-17(21)3)24-14-18(4)27-19(5)15-24/h9-10,13,16,18-19,22-23H,6-8,11-12,14-15H2,1-5H3/t18-,19+. The fourth-order valence-corrected chi connectivity index (χ4v) is 4.22. The van der Waals surface area contributed by atoms with E-state index in [1.54, 1.807) is 13.8 Å². The Balaban J connectivity index is 1.72. The van der Waals surface area contributed by atoms with Crippen molar-refractivity contribution >= 4 is 21.4 Å². The third-order valence-electron chi connectivity index (χ3n) is 5.09. The fourth-order valence-electron chi connectivity index (χ4n) is 3.46. The van der Waals surface area contributed by atoms with Crippen LogP contribution in [0.1, 0.15) is 52.5 Å². The van der Waals surface area contributed by atoms with E-state index in [1.807, 2.05) is 0 Å². The van der Waals surface area contributed by atoms with Crippen molar-refractivity contribution in [3.8, 4) is 0 Å². The Bertz CT molecular complexity index is 712. The molecule has 0 spiro atoms. The highest BCUT2D eigenvalue weighted by molar-refractivity contribution is 7.90. The van der Waals surface area contributed by atoms with Crippen molar-refractivity contribution in [2.45, 2.75) is 71.3 Å². The minimum Gasteiger partial charge on any atom is -0.385 e. The van der Waals surface area contributed by atoms with Crippen LogP contribution in [-0.2, 0) is 14.8 Å². The molecule has 1 heterocycles. The first-order valence-corrected chi connectivity index (χ1v) is 12.0. The van der Waals surface area contributed by atoms with Crippen LogP contribution in [0, 0.1) is 6.92 Å². The van der Waals surface area contributed by atoms with Gasteiger partial charge in [0.05, 0.1) is 17.5 Å². The lowest BCUT2D eigenvalue weighted by Gasteiger charge is -2.37. The lowest BCUT2D eigenvalue weighted by Crippen LogP contribution is -2.45. The molecule has 2 atom stereocenters. The number of nitrogens with one attached hydrogen (secondary N) is 2. The SMILES string of the molecule is Cc1cc(N2C[C@@H](C)O[C@@H](C)C2)ccc1NCCCCCNS(=O)(=O)C(C)C. The fraction of sp³-hybridized carbons (Fsp3) is 0.714. The van der Waals surface area contributed by atoms with E-state index in [-0.39, 0.29) is 17.5 Å². The highest BCUT2D eigenvalue weighted by Gasteiger charge is 2.22. The molecule has 6 nitrogen and oxygen atoms in total. The van der Waals surface area contributed by atoms with Gasteiger partial charge in [0.25, 0.3) is 0 Å². The van der Waals surface area contributed by atoms with E-state index < -0.39 is 10.0 Å². The summed E-state index contributed by atoms with van der Waals surface area (Å²) in [7, 11) is -3.14. The van der Waals surface area contributed by atoms with Gasteiger partial charge in [-0.1, -0.05) is 6.42 Å². The number of benzene rings is 1. The number of ether oxygens (including phenoxy) is 1. The van der Waals surface area contributed by atoms with Crippen LogP contribution in [0.4, 0.5) is 11.4 Å². The van der Waals surface area contributed by atoms with E-state index >= 15 is 0 Å². The molecular formula is C21H37N3O3S. The lowest BCUT2D eigenvalue weighted by atomic mass is 10.1. The number of hydrogen-bond donors (Lipinski definition) is 2. The number of hydrogen-bond acceptors (Lipinski definition) is 5. The van der Waals surface area contributed by atoms with Crippen LogP contribution in [0.5, 0.6) is 0 Å². The molecule has 1 aliphatic rings. The molecule has 0 amide bonds. The Kier molecular flexibility index (Phi) is 8.58. The third-order valence-corrected chi connectivity index (χ3v) is 6.94. The lowest BCUT2D eigenvalue weighted by molar-refractivity contribution is -0.00521. The van der Waals surface area contributed by atoms with Crippen molar-refractivity contribution in [3.05, 3.63) is 23.8 Å². The summed E-state index contributed by atoms with van der Waals surface area (Å²) in [5.74, 6) is 0. The van der Waals surface area contributed by atoms with E-state index in [9.17, 15) is 8.42 Å². The van der Waals surface area contributed by atoms with Gasteiger partial charge in [0.1, 0.15) is 0 Å². The first-order valence-electron chi connectivity index (χ1n) is 10.4. The number of rotatable bonds is 10. The van der Waals surface area contributed by atoms with Gasteiger partial charge in [-0.3, -0.25) is 0 Å². The Morgan fingerprint density at radius 3 is 2.36 bits per heavy atom. The van der Waals surface area contributed by atoms with Crippen molar-refractivity contribution in [3.63, 3.8) is 0 Å². The zero-order valence-electron chi connectivity index (χ0n) is 18.0. The summed E-state index contributed by atoms with van der Waals surface area (Å²) in [6, 6.07) is 6.58. The van der Waals surface area contributed by atoms with Gasteiger partial charge in [-0.2, -0.15) is 0 Å². The maximum Gasteiger partial charge on any atom is 0.213 e. The van der Waals surface area contributed by atoms with Crippen LogP contribution in [0.15, 0.2) is 18.2 Å². The summed E-state index contributed by atoms with van der Waals surface area (Å²) in [5.41, 5.74) is 3.66. The molecule has 0 aliphatic carbocycles. The first kappa shape index (κ1) is 23.0. The quantitative estimate of drug-likeness (QED) is 0.577. The van der Waals surface area contributed by atoms with Crippen molar-refractivity contribution in [1.29, 1.82) is 0 Å². The molecule has 2 rings (SSSR count). The predicted molar refractivity (Wildman–Crippen MR) is 118 cm³/mol. The first-order chi connectivity index (χ1) is 13.2. The summed E-state index contributed by atoms with van der Waals surface area (Å²) in [6.45, 7) is 13.0. The molecule has 0 bridgehead atoms. The van der Waals surface area contributed by atoms with Gasteiger partial charge in [0, 0.05) is 37.6 Å². The van der Waals surface area contributed by atoms with E-state index in [1.165, 1.54) is 16.9 Å². The van der Waals surface area contributed by atoms with Crippen molar-refractivity contribution in [2.24, 2.45) is 0 Å². The maximum absolute atomic E-state index is 11.7. The topological polar surface area (TPSA) is 70.7 Å². The molecule has 1 aliphatic heterocycles. The Hall–Kier alpha value is -1.31. The van der Waals surface area contributed by atoms with E-state index in [0.717, 1.165) is 38.9 Å². The van der Waals surface area contributed by atoms with Gasteiger partial charge in [0.2, 0.25) is 10.0 Å². The predicted octanol–water partition coefficient (Wildman–Crippen LogP) is 3.52. The summed E-state index contributed by atoms with van der Waals surface area (Å²) >= 11 is 0. The second-order valence-electron chi connectivity index (χ2n) is 8.14. The van der Waals surface area contributed by atoms with Crippen LogP contribution in [0.25, 0.3) is 0 Å². The molecule has 0 aromatic heterocycles. The molecule has 1 saturated heterocycles. The summed E-state index contributed by atoms with van der Waals surface area (Å²) < 4.78 is 31.9. The number of nitrogens with zero attached hydrogens (tertiary/aromatic N) is 1. The second-order valence-corrected chi connectivity index (χ2v) is 10.5. The van der Waals surface area contributed by atoms with E-state index in [0.29, 0.717) is 6.54 Å². The molecular weight excluding hydrogens is 374 g/mol. The number of aryl methyl sites for hydroxylation is 1. The Labute approximate surface area is 171 Å². The van der Waals surface area contributed by atoms with Crippen LogP contribution in [0.2, 0.25) is 0 Å². The van der Waals surface area contributed by atoms with Crippen LogP contribution >= 0.6 is 0 Å². The zero-order valence-corrected chi connectivity index (χ0v) is 18.8. The van der Waals surface area contributed by atoms with Crippen LogP contribution < -0.4 is 14.9 Å². The highest BCUT2D eigenvalue weighted by Crippen LogP contribution is 2.25. The molecule has 28 heavy (non-hydrogen) atoms.